The van der Waals surface area contributed by atoms with Crippen LogP contribution in [0.3, 0.4) is 0 Å². The van der Waals surface area contributed by atoms with Crippen LogP contribution in [0.4, 0.5) is 0 Å². The second kappa shape index (κ2) is 8.34. The fourth-order valence-electron chi connectivity index (χ4n) is 5.26. The van der Waals surface area contributed by atoms with Crippen LogP contribution in [0.25, 0.3) is 17.0 Å². The van der Waals surface area contributed by atoms with Gasteiger partial charge in [-0.3, -0.25) is 14.4 Å². The van der Waals surface area contributed by atoms with Crippen LogP contribution in [0.5, 0.6) is 23.0 Å². The van der Waals surface area contributed by atoms with E-state index in [2.05, 4.69) is 4.98 Å². The minimum Gasteiger partial charge on any atom is -0.486 e. The van der Waals surface area contributed by atoms with E-state index in [0.717, 1.165) is 10.9 Å². The molecule has 38 heavy (non-hydrogen) atoms. The average Bonchev–Trinajstić information content (AvgIpc) is 3.22. The molecule has 188 valence electrons. The molecule has 1 aromatic heterocycles. The Morgan fingerprint density at radius 3 is 2.55 bits per heavy atom. The van der Waals surface area contributed by atoms with Crippen molar-refractivity contribution in [2.45, 2.75) is 19.3 Å². The first-order valence-corrected chi connectivity index (χ1v) is 12.3. The van der Waals surface area contributed by atoms with Crippen molar-refractivity contribution in [3.63, 3.8) is 0 Å². The molecule has 4 heterocycles. The molecule has 1 N–H and O–H groups in total. The normalized spacial score (nSPS) is 18.7. The van der Waals surface area contributed by atoms with E-state index in [0.29, 0.717) is 58.2 Å². The largest absolute Gasteiger partial charge is 0.486 e. The zero-order valence-electron chi connectivity index (χ0n) is 20.3. The van der Waals surface area contributed by atoms with E-state index < -0.39 is 11.9 Å². The smallest absolute Gasteiger partial charge is 0.312 e. The summed E-state index contributed by atoms with van der Waals surface area (Å²) >= 11 is 0. The molecule has 0 unspecified atom stereocenters. The van der Waals surface area contributed by atoms with E-state index >= 15 is 0 Å². The Bertz CT molecular complexity index is 1780. The van der Waals surface area contributed by atoms with E-state index in [1.807, 2.05) is 31.2 Å². The fourth-order valence-corrected chi connectivity index (χ4v) is 5.26. The lowest BCUT2D eigenvalue weighted by atomic mass is 9.84. The molecule has 8 heteroatoms. The third-order valence-corrected chi connectivity index (χ3v) is 7.05. The predicted octanol–water partition coefficient (Wildman–Crippen LogP) is 4.66. The van der Waals surface area contributed by atoms with Crippen molar-refractivity contribution in [1.82, 2.24) is 4.98 Å². The summed E-state index contributed by atoms with van der Waals surface area (Å²) in [6.45, 7) is 2.89. The predicted molar refractivity (Wildman–Crippen MR) is 138 cm³/mol. The summed E-state index contributed by atoms with van der Waals surface area (Å²) in [4.78, 5) is 42.0. The molecular weight excluding hydrogens is 486 g/mol. The summed E-state index contributed by atoms with van der Waals surface area (Å²) in [7, 11) is 0. The Hall–Kier alpha value is -4.85. The zero-order valence-corrected chi connectivity index (χ0v) is 20.3. The highest BCUT2D eigenvalue weighted by atomic mass is 16.6. The number of hydrogen-bond acceptors (Lipinski definition) is 7. The van der Waals surface area contributed by atoms with Crippen LogP contribution in [0.1, 0.15) is 45.0 Å². The number of carbonyl (C=O) groups excluding carboxylic acids is 2. The number of ketones is 1. The van der Waals surface area contributed by atoms with Crippen molar-refractivity contribution in [2.75, 3.05) is 13.2 Å². The lowest BCUT2D eigenvalue weighted by Gasteiger charge is -2.26. The van der Waals surface area contributed by atoms with Crippen molar-refractivity contribution >= 4 is 28.7 Å². The highest BCUT2D eigenvalue weighted by Crippen LogP contribution is 2.48. The van der Waals surface area contributed by atoms with Gasteiger partial charge in [0.15, 0.2) is 17.3 Å². The monoisotopic (exact) mass is 507 g/mol. The molecular formula is C30H21NO7. The zero-order chi connectivity index (χ0) is 26.0. The minimum atomic E-state index is -0.642. The molecule has 3 aromatic carbocycles. The number of H-pyrrole nitrogens is 1. The first-order chi connectivity index (χ1) is 18.4. The molecule has 1 atom stereocenters. The van der Waals surface area contributed by atoms with Gasteiger partial charge in [0, 0.05) is 22.6 Å². The summed E-state index contributed by atoms with van der Waals surface area (Å²) in [5.41, 5.74) is 3.42. The Balaban J connectivity index is 1.33. The SMILES string of the molecule is Cc1ccc2cc([C@@H]3CC(=O)Oc4ccc5c(c43)O/C(=C\c3ccc4c(c3)OCCO4)C5=O)c(=O)[nH]c2c1. The molecule has 7 rings (SSSR count). The lowest BCUT2D eigenvalue weighted by Crippen LogP contribution is -2.26. The van der Waals surface area contributed by atoms with Crippen LogP contribution >= 0.6 is 0 Å². The Morgan fingerprint density at radius 2 is 1.68 bits per heavy atom. The van der Waals surface area contributed by atoms with Gasteiger partial charge in [-0.25, -0.2) is 0 Å². The van der Waals surface area contributed by atoms with Gasteiger partial charge in [-0.05, 0) is 65.9 Å². The van der Waals surface area contributed by atoms with Crippen LogP contribution < -0.4 is 24.5 Å². The number of aromatic amines is 1. The maximum Gasteiger partial charge on any atom is 0.312 e. The molecule has 0 spiro atoms. The van der Waals surface area contributed by atoms with Gasteiger partial charge in [0.05, 0.1) is 12.0 Å². The van der Waals surface area contributed by atoms with Crippen LogP contribution in [0.15, 0.2) is 65.2 Å². The van der Waals surface area contributed by atoms with Gasteiger partial charge in [-0.15, -0.1) is 0 Å². The van der Waals surface area contributed by atoms with Crippen molar-refractivity contribution in [2.24, 2.45) is 0 Å². The first-order valence-electron chi connectivity index (χ1n) is 12.3. The minimum absolute atomic E-state index is 0.0529. The second-order valence-corrected chi connectivity index (χ2v) is 9.57. The Labute approximate surface area is 216 Å². The van der Waals surface area contributed by atoms with Gasteiger partial charge >= 0.3 is 5.97 Å². The van der Waals surface area contributed by atoms with Crippen LogP contribution in [-0.4, -0.2) is 30.0 Å². The first kappa shape index (κ1) is 22.4. The quantitative estimate of drug-likeness (QED) is 0.239. The van der Waals surface area contributed by atoms with Gasteiger partial charge in [0.2, 0.25) is 5.78 Å². The number of carbonyl (C=O) groups is 2. The summed E-state index contributed by atoms with van der Waals surface area (Å²) in [5.74, 6) is 0.566. The highest BCUT2D eigenvalue weighted by molar-refractivity contribution is 6.15. The number of hydrogen-bond donors (Lipinski definition) is 1. The molecule has 0 fully saturated rings. The standard InChI is InChI=1S/C30H21NO7/c1-15-2-4-17-13-20(30(34)31-21(17)10-15)19-14-26(32)37-23-7-5-18-28(33)25(38-29(18)27(19)23)12-16-3-6-22-24(11-16)36-9-8-35-22/h2-7,10-13,19H,8-9,14H2,1H3,(H,31,34)/b25-12-/t19-/m0/s1. The number of Topliss-reactive ketones (excluding diaryl/α,β-unsaturated/α-hetero) is 1. The highest BCUT2D eigenvalue weighted by Gasteiger charge is 2.39. The second-order valence-electron chi connectivity index (χ2n) is 9.57. The average molecular weight is 507 g/mol. The number of aryl methyl sites for hydroxylation is 1. The van der Waals surface area contributed by atoms with E-state index in [9.17, 15) is 14.4 Å². The number of allylic oxidation sites excluding steroid dienone is 1. The van der Waals surface area contributed by atoms with E-state index in [1.165, 1.54) is 0 Å². The number of fused-ring (bicyclic) bond motifs is 5. The van der Waals surface area contributed by atoms with Crippen LogP contribution in [0, 0.1) is 6.92 Å². The summed E-state index contributed by atoms with van der Waals surface area (Å²) in [6, 6.07) is 16.2. The molecule has 0 saturated heterocycles. The lowest BCUT2D eigenvalue weighted by molar-refractivity contribution is -0.135. The molecule has 3 aliphatic heterocycles. The molecule has 3 aliphatic rings. The summed E-state index contributed by atoms with van der Waals surface area (Å²) in [5, 5.41) is 0.842. The number of esters is 1. The van der Waals surface area contributed by atoms with E-state index in [1.54, 1.807) is 36.4 Å². The van der Waals surface area contributed by atoms with Crippen LogP contribution in [0.2, 0.25) is 0 Å². The Kier molecular flexibility index (Phi) is 4.91. The summed E-state index contributed by atoms with van der Waals surface area (Å²) < 4.78 is 22.9. The fraction of sp³-hybridized carbons (Fsp3) is 0.167. The maximum atomic E-state index is 13.3. The van der Waals surface area contributed by atoms with Gasteiger partial charge in [-0.2, -0.15) is 0 Å². The number of ether oxygens (including phenoxy) is 4. The Morgan fingerprint density at radius 1 is 0.868 bits per heavy atom. The molecule has 0 radical (unpaired) electrons. The molecule has 0 aliphatic carbocycles. The van der Waals surface area contributed by atoms with Crippen LogP contribution in [-0.2, 0) is 4.79 Å². The number of benzene rings is 3. The molecule has 8 nitrogen and oxygen atoms in total. The van der Waals surface area contributed by atoms with Gasteiger partial charge < -0.3 is 23.9 Å². The number of pyridine rings is 1. The summed E-state index contributed by atoms with van der Waals surface area (Å²) in [6.07, 6.45) is 1.59. The van der Waals surface area contributed by atoms with Crippen molar-refractivity contribution < 1.29 is 28.5 Å². The number of rotatable bonds is 2. The molecule has 0 amide bonds. The van der Waals surface area contributed by atoms with Gasteiger partial charge in [0.1, 0.15) is 24.7 Å². The van der Waals surface area contributed by atoms with Crippen molar-refractivity contribution in [3.8, 4) is 23.0 Å². The van der Waals surface area contributed by atoms with Crippen molar-refractivity contribution in [3.05, 3.63) is 98.5 Å². The van der Waals surface area contributed by atoms with Crippen molar-refractivity contribution in [1.29, 1.82) is 0 Å². The van der Waals surface area contributed by atoms with E-state index in [4.69, 9.17) is 18.9 Å². The number of nitrogens with one attached hydrogen (secondary N) is 1. The topological polar surface area (TPSA) is 104 Å². The van der Waals surface area contributed by atoms with Gasteiger partial charge in [-0.1, -0.05) is 18.2 Å². The third kappa shape index (κ3) is 3.56. The maximum absolute atomic E-state index is 13.3. The third-order valence-electron chi connectivity index (χ3n) is 7.05. The number of aromatic nitrogens is 1. The van der Waals surface area contributed by atoms with Gasteiger partial charge in [0.25, 0.3) is 5.56 Å². The molecule has 0 saturated carbocycles. The van der Waals surface area contributed by atoms with E-state index in [-0.39, 0.29) is 29.3 Å². The molecule has 0 bridgehead atoms. The molecule has 4 aromatic rings.